The summed E-state index contributed by atoms with van der Waals surface area (Å²) >= 11 is 4.54. The second kappa shape index (κ2) is 6.06. The van der Waals surface area contributed by atoms with Gasteiger partial charge in [-0.3, -0.25) is 9.59 Å². The average molecular weight is 269 g/mol. The lowest BCUT2D eigenvalue weighted by Crippen LogP contribution is -2.39. The zero-order chi connectivity index (χ0) is 13.7. The molecule has 0 aliphatic rings. The average Bonchev–Trinajstić information content (AvgIpc) is 2.30. The lowest BCUT2D eigenvalue weighted by molar-refractivity contribution is -0.136. The molecular weight excluding hydrogens is 257 g/mol. The number of carbonyl (C=O) groups is 2. The van der Waals surface area contributed by atoms with E-state index in [-0.39, 0.29) is 17.2 Å². The number of aryl methyl sites for hydroxylation is 1. The van der Waals surface area contributed by atoms with Crippen LogP contribution in [-0.4, -0.2) is 23.3 Å². The highest BCUT2D eigenvalue weighted by molar-refractivity contribution is 7.80. The quantitative estimate of drug-likeness (QED) is 0.550. The van der Waals surface area contributed by atoms with Crippen molar-refractivity contribution < 1.29 is 14.0 Å². The SMILES string of the molecule is Cc1cccc(F)c1NC(=O)C(=O)NCC(N)=S. The Hall–Kier alpha value is -2.02. The van der Waals surface area contributed by atoms with Crippen LogP contribution in [0.3, 0.4) is 0 Å². The molecule has 0 aromatic heterocycles. The van der Waals surface area contributed by atoms with Crippen LogP contribution in [-0.2, 0) is 9.59 Å². The molecule has 1 aromatic rings. The third kappa shape index (κ3) is 3.77. The van der Waals surface area contributed by atoms with E-state index in [4.69, 9.17) is 5.73 Å². The first-order valence-electron chi connectivity index (χ1n) is 5.04. The van der Waals surface area contributed by atoms with Crippen molar-refractivity contribution in [3.8, 4) is 0 Å². The number of nitrogens with two attached hydrogens (primary N) is 1. The van der Waals surface area contributed by atoms with Crippen LogP contribution in [0.1, 0.15) is 5.56 Å². The number of nitrogens with one attached hydrogen (secondary N) is 2. The van der Waals surface area contributed by atoms with Crippen molar-refractivity contribution in [2.75, 3.05) is 11.9 Å². The van der Waals surface area contributed by atoms with Crippen LogP contribution in [0, 0.1) is 12.7 Å². The van der Waals surface area contributed by atoms with Crippen LogP contribution in [0.2, 0.25) is 0 Å². The van der Waals surface area contributed by atoms with Crippen molar-refractivity contribution in [3.05, 3.63) is 29.6 Å². The molecule has 18 heavy (non-hydrogen) atoms. The molecule has 96 valence electrons. The minimum Gasteiger partial charge on any atom is -0.392 e. The zero-order valence-electron chi connectivity index (χ0n) is 9.62. The minimum absolute atomic E-state index is 0.0204. The molecular formula is C11H12FN3O2S. The predicted octanol–water partition coefficient (Wildman–Crippen LogP) is 0.475. The fourth-order valence-electron chi connectivity index (χ4n) is 1.21. The summed E-state index contributed by atoms with van der Waals surface area (Å²) < 4.78 is 13.4. The zero-order valence-corrected chi connectivity index (χ0v) is 10.4. The molecule has 5 nitrogen and oxygen atoms in total. The maximum atomic E-state index is 13.4. The third-order valence-electron chi connectivity index (χ3n) is 2.09. The number of benzene rings is 1. The molecule has 0 aliphatic carbocycles. The van der Waals surface area contributed by atoms with E-state index in [0.717, 1.165) is 0 Å². The van der Waals surface area contributed by atoms with Crippen LogP contribution in [0.15, 0.2) is 18.2 Å². The maximum absolute atomic E-state index is 13.4. The van der Waals surface area contributed by atoms with Crippen LogP contribution < -0.4 is 16.4 Å². The van der Waals surface area contributed by atoms with Crippen molar-refractivity contribution in [1.29, 1.82) is 0 Å². The van der Waals surface area contributed by atoms with Gasteiger partial charge in [0.1, 0.15) is 5.82 Å². The molecule has 0 spiro atoms. The smallest absolute Gasteiger partial charge is 0.313 e. The summed E-state index contributed by atoms with van der Waals surface area (Å²) in [6, 6.07) is 4.31. The van der Waals surface area contributed by atoms with Crippen molar-refractivity contribution in [3.63, 3.8) is 0 Å². The van der Waals surface area contributed by atoms with E-state index < -0.39 is 17.6 Å². The summed E-state index contributed by atoms with van der Waals surface area (Å²) in [5.74, 6) is -2.50. The number of halogens is 1. The van der Waals surface area contributed by atoms with Crippen molar-refractivity contribution in [2.24, 2.45) is 5.73 Å². The summed E-state index contributed by atoms with van der Waals surface area (Å²) in [7, 11) is 0. The van der Waals surface area contributed by atoms with Gasteiger partial charge in [0.25, 0.3) is 0 Å². The largest absolute Gasteiger partial charge is 0.392 e. The van der Waals surface area contributed by atoms with E-state index in [2.05, 4.69) is 22.9 Å². The van der Waals surface area contributed by atoms with Gasteiger partial charge in [-0.2, -0.15) is 0 Å². The fourth-order valence-corrected chi connectivity index (χ4v) is 1.28. The highest BCUT2D eigenvalue weighted by Gasteiger charge is 2.16. The number of para-hydroxylation sites is 1. The number of anilines is 1. The normalized spacial score (nSPS) is 9.67. The fraction of sp³-hybridized carbons (Fsp3) is 0.182. The van der Waals surface area contributed by atoms with E-state index in [1.165, 1.54) is 12.1 Å². The summed E-state index contributed by atoms with van der Waals surface area (Å²) in [6.45, 7) is 1.53. The number of carbonyl (C=O) groups excluding carboxylic acids is 2. The van der Waals surface area contributed by atoms with Crippen LogP contribution in [0.4, 0.5) is 10.1 Å². The Kier molecular flexibility index (Phi) is 4.73. The van der Waals surface area contributed by atoms with Gasteiger partial charge in [-0.1, -0.05) is 24.4 Å². The first-order chi connectivity index (χ1) is 8.41. The monoisotopic (exact) mass is 269 g/mol. The molecule has 1 rings (SSSR count). The van der Waals surface area contributed by atoms with E-state index in [9.17, 15) is 14.0 Å². The van der Waals surface area contributed by atoms with Gasteiger partial charge in [-0.15, -0.1) is 0 Å². The Bertz CT molecular complexity index is 485. The highest BCUT2D eigenvalue weighted by Crippen LogP contribution is 2.18. The first kappa shape index (κ1) is 14.0. The van der Waals surface area contributed by atoms with E-state index in [1.807, 2.05) is 0 Å². The molecule has 0 radical (unpaired) electrons. The molecule has 0 bridgehead atoms. The topological polar surface area (TPSA) is 84.2 Å². The Labute approximate surface area is 109 Å². The van der Waals surface area contributed by atoms with Crippen LogP contribution in [0.25, 0.3) is 0 Å². The van der Waals surface area contributed by atoms with E-state index in [0.29, 0.717) is 5.56 Å². The molecule has 0 saturated heterocycles. The van der Waals surface area contributed by atoms with Gasteiger partial charge in [0, 0.05) is 0 Å². The summed E-state index contributed by atoms with van der Waals surface area (Å²) in [4.78, 5) is 22.8. The lowest BCUT2D eigenvalue weighted by atomic mass is 10.2. The maximum Gasteiger partial charge on any atom is 0.313 e. The molecule has 0 heterocycles. The summed E-state index contributed by atoms with van der Waals surface area (Å²) in [6.07, 6.45) is 0. The van der Waals surface area contributed by atoms with E-state index >= 15 is 0 Å². The van der Waals surface area contributed by atoms with Crippen molar-refractivity contribution in [2.45, 2.75) is 6.92 Å². The molecule has 7 heteroatoms. The van der Waals surface area contributed by atoms with Gasteiger partial charge >= 0.3 is 11.8 Å². The Morgan fingerprint density at radius 2 is 2.06 bits per heavy atom. The van der Waals surface area contributed by atoms with Gasteiger partial charge in [0.05, 0.1) is 17.2 Å². The van der Waals surface area contributed by atoms with Gasteiger partial charge in [-0.25, -0.2) is 4.39 Å². The Morgan fingerprint density at radius 1 is 1.39 bits per heavy atom. The Morgan fingerprint density at radius 3 is 2.61 bits per heavy atom. The number of hydrogen-bond donors (Lipinski definition) is 3. The lowest BCUT2D eigenvalue weighted by Gasteiger charge is -2.09. The second-order valence-electron chi connectivity index (χ2n) is 3.53. The third-order valence-corrected chi connectivity index (χ3v) is 2.23. The molecule has 0 saturated carbocycles. The Balaban J connectivity index is 2.70. The minimum atomic E-state index is -0.973. The number of thiocarbonyl (C=S) groups is 1. The molecule has 4 N–H and O–H groups in total. The molecule has 0 aliphatic heterocycles. The van der Waals surface area contributed by atoms with Gasteiger partial charge in [-0.05, 0) is 18.6 Å². The molecule has 0 unspecified atom stereocenters. The van der Waals surface area contributed by atoms with Gasteiger partial charge in [0.15, 0.2) is 0 Å². The second-order valence-corrected chi connectivity index (χ2v) is 4.06. The molecule has 1 aromatic carbocycles. The molecule has 0 fully saturated rings. The highest BCUT2D eigenvalue weighted by atomic mass is 32.1. The first-order valence-corrected chi connectivity index (χ1v) is 5.45. The molecule has 2 amide bonds. The van der Waals surface area contributed by atoms with Gasteiger partial charge < -0.3 is 16.4 Å². The van der Waals surface area contributed by atoms with Crippen molar-refractivity contribution >= 4 is 34.7 Å². The number of hydrogen-bond acceptors (Lipinski definition) is 3. The number of amides is 2. The standard InChI is InChI=1S/C11H12FN3O2S/c1-6-3-2-4-7(12)9(6)15-11(17)10(16)14-5-8(13)18/h2-4H,5H2,1H3,(H2,13,18)(H,14,16)(H,15,17). The van der Waals surface area contributed by atoms with Crippen molar-refractivity contribution in [1.82, 2.24) is 5.32 Å². The van der Waals surface area contributed by atoms with Crippen LogP contribution in [0.5, 0.6) is 0 Å². The molecule has 0 atom stereocenters. The predicted molar refractivity (Wildman–Crippen MR) is 69.6 cm³/mol. The summed E-state index contributed by atoms with van der Waals surface area (Å²) in [5, 5.41) is 4.39. The van der Waals surface area contributed by atoms with Crippen LogP contribution >= 0.6 is 12.2 Å². The number of rotatable bonds is 3. The van der Waals surface area contributed by atoms with E-state index in [1.54, 1.807) is 13.0 Å². The van der Waals surface area contributed by atoms with Gasteiger partial charge in [0.2, 0.25) is 0 Å². The summed E-state index contributed by atoms with van der Waals surface area (Å²) in [5.41, 5.74) is 5.67.